The lowest BCUT2D eigenvalue weighted by atomic mass is 10.2. The SMILES string of the molecule is O=C(Nc1nnc(S(=O)(=O)NC[C@@H]2CCCO2)s1)c1ccccc1. The maximum atomic E-state index is 12.2. The Labute approximate surface area is 143 Å². The Kier molecular flexibility index (Phi) is 5.19. The summed E-state index contributed by atoms with van der Waals surface area (Å²) in [7, 11) is -3.76. The molecule has 1 aliphatic heterocycles. The highest BCUT2D eigenvalue weighted by Crippen LogP contribution is 2.21. The minimum absolute atomic E-state index is 0.107. The van der Waals surface area contributed by atoms with Gasteiger partial charge in [-0.2, -0.15) is 0 Å². The van der Waals surface area contributed by atoms with Crippen molar-refractivity contribution in [1.29, 1.82) is 0 Å². The van der Waals surface area contributed by atoms with Gasteiger partial charge >= 0.3 is 0 Å². The molecular formula is C14H16N4O4S2. The second kappa shape index (κ2) is 7.34. The lowest BCUT2D eigenvalue weighted by Gasteiger charge is -2.09. The predicted octanol–water partition coefficient (Wildman–Crippen LogP) is 1.25. The molecule has 0 bridgehead atoms. The van der Waals surface area contributed by atoms with E-state index in [0.29, 0.717) is 12.2 Å². The highest BCUT2D eigenvalue weighted by Gasteiger charge is 2.24. The van der Waals surface area contributed by atoms with E-state index in [4.69, 9.17) is 4.74 Å². The largest absolute Gasteiger partial charge is 0.377 e. The number of carbonyl (C=O) groups is 1. The van der Waals surface area contributed by atoms with Crippen LogP contribution in [0.4, 0.5) is 5.13 Å². The highest BCUT2D eigenvalue weighted by atomic mass is 32.2. The van der Waals surface area contributed by atoms with Crippen molar-refractivity contribution < 1.29 is 17.9 Å². The van der Waals surface area contributed by atoms with Crippen LogP contribution in [0.1, 0.15) is 23.2 Å². The third kappa shape index (κ3) is 4.15. The summed E-state index contributed by atoms with van der Waals surface area (Å²) in [5.74, 6) is -0.372. The zero-order valence-corrected chi connectivity index (χ0v) is 14.3. The van der Waals surface area contributed by atoms with Crippen molar-refractivity contribution >= 4 is 32.4 Å². The molecule has 1 aliphatic rings. The van der Waals surface area contributed by atoms with Gasteiger partial charge in [0.25, 0.3) is 15.9 Å². The monoisotopic (exact) mass is 368 g/mol. The summed E-state index contributed by atoms with van der Waals surface area (Å²) < 4.78 is 32.0. The highest BCUT2D eigenvalue weighted by molar-refractivity contribution is 7.91. The fraction of sp³-hybridized carbons (Fsp3) is 0.357. The lowest BCUT2D eigenvalue weighted by molar-refractivity contribution is 0.102. The smallest absolute Gasteiger partial charge is 0.269 e. The van der Waals surface area contributed by atoms with Crippen LogP contribution in [0.15, 0.2) is 34.7 Å². The first-order valence-corrected chi connectivity index (χ1v) is 9.66. The lowest BCUT2D eigenvalue weighted by Crippen LogP contribution is -2.31. The molecule has 0 aliphatic carbocycles. The van der Waals surface area contributed by atoms with E-state index in [-0.39, 0.29) is 28.0 Å². The van der Waals surface area contributed by atoms with Gasteiger partial charge in [0.2, 0.25) is 9.47 Å². The van der Waals surface area contributed by atoms with Crippen LogP contribution in [0.25, 0.3) is 0 Å². The molecule has 2 aromatic rings. The number of ether oxygens (including phenoxy) is 1. The van der Waals surface area contributed by atoms with Crippen LogP contribution in [0.2, 0.25) is 0 Å². The Hall–Kier alpha value is -1.88. The number of benzene rings is 1. The normalized spacial score (nSPS) is 17.8. The van der Waals surface area contributed by atoms with Crippen LogP contribution in [-0.4, -0.2) is 43.8 Å². The van der Waals surface area contributed by atoms with Gasteiger partial charge in [0.05, 0.1) is 6.10 Å². The van der Waals surface area contributed by atoms with Gasteiger partial charge in [-0.3, -0.25) is 10.1 Å². The van der Waals surface area contributed by atoms with Gasteiger partial charge in [0.15, 0.2) is 0 Å². The molecule has 0 saturated carbocycles. The number of hydrogen-bond acceptors (Lipinski definition) is 7. The summed E-state index contributed by atoms with van der Waals surface area (Å²) in [5, 5.41) is 10.0. The Morgan fingerprint density at radius 3 is 2.79 bits per heavy atom. The van der Waals surface area contributed by atoms with Crippen molar-refractivity contribution in [2.24, 2.45) is 0 Å². The van der Waals surface area contributed by atoms with Gasteiger partial charge in [-0.15, -0.1) is 10.2 Å². The van der Waals surface area contributed by atoms with Gasteiger partial charge < -0.3 is 4.74 Å². The maximum absolute atomic E-state index is 12.2. The summed E-state index contributed by atoms with van der Waals surface area (Å²) in [5.41, 5.74) is 0.452. The molecule has 1 atom stereocenters. The third-order valence-electron chi connectivity index (χ3n) is 3.42. The number of nitrogens with zero attached hydrogens (tertiary/aromatic N) is 2. The Balaban J connectivity index is 1.62. The standard InChI is InChI=1S/C14H16N4O4S2/c19-12(10-5-2-1-3-6-10)16-13-17-18-14(23-13)24(20,21)15-9-11-7-4-8-22-11/h1-3,5-6,11,15H,4,7-9H2,(H,16,17,19)/t11-/m0/s1. The molecule has 8 nitrogen and oxygen atoms in total. The number of sulfonamides is 1. The van der Waals surface area contributed by atoms with E-state index in [1.807, 2.05) is 0 Å². The van der Waals surface area contributed by atoms with E-state index in [1.165, 1.54) is 0 Å². The predicted molar refractivity (Wildman–Crippen MR) is 88.5 cm³/mol. The molecule has 24 heavy (non-hydrogen) atoms. The molecule has 1 aromatic carbocycles. The maximum Gasteiger partial charge on any atom is 0.269 e. The Morgan fingerprint density at radius 1 is 1.29 bits per heavy atom. The van der Waals surface area contributed by atoms with Crippen molar-refractivity contribution in [1.82, 2.24) is 14.9 Å². The van der Waals surface area contributed by atoms with Crippen LogP contribution in [0, 0.1) is 0 Å². The molecule has 128 valence electrons. The quantitative estimate of drug-likeness (QED) is 0.743. The molecular weight excluding hydrogens is 352 g/mol. The minimum Gasteiger partial charge on any atom is -0.377 e. The molecule has 1 amide bonds. The molecule has 2 N–H and O–H groups in total. The number of anilines is 1. The van der Waals surface area contributed by atoms with Crippen LogP contribution < -0.4 is 10.0 Å². The molecule has 0 radical (unpaired) electrons. The first-order chi connectivity index (χ1) is 11.5. The van der Waals surface area contributed by atoms with E-state index in [0.717, 1.165) is 24.2 Å². The Bertz CT molecular complexity index is 801. The second-order valence-electron chi connectivity index (χ2n) is 5.18. The summed E-state index contributed by atoms with van der Waals surface area (Å²) >= 11 is 0.800. The first-order valence-electron chi connectivity index (χ1n) is 7.36. The van der Waals surface area contributed by atoms with E-state index < -0.39 is 10.0 Å². The van der Waals surface area contributed by atoms with E-state index in [1.54, 1.807) is 30.3 Å². The van der Waals surface area contributed by atoms with E-state index >= 15 is 0 Å². The molecule has 3 rings (SSSR count). The number of aromatic nitrogens is 2. The zero-order chi connectivity index (χ0) is 17.0. The van der Waals surface area contributed by atoms with Gasteiger partial charge in [-0.05, 0) is 25.0 Å². The van der Waals surface area contributed by atoms with Crippen molar-refractivity contribution in [3.05, 3.63) is 35.9 Å². The fourth-order valence-corrected chi connectivity index (χ4v) is 4.20. The Morgan fingerprint density at radius 2 is 2.08 bits per heavy atom. The van der Waals surface area contributed by atoms with Crippen LogP contribution >= 0.6 is 11.3 Å². The minimum atomic E-state index is -3.76. The van der Waals surface area contributed by atoms with E-state index in [2.05, 4.69) is 20.2 Å². The average Bonchev–Trinajstić information content (AvgIpc) is 3.26. The fourth-order valence-electron chi connectivity index (χ4n) is 2.20. The van der Waals surface area contributed by atoms with Crippen molar-refractivity contribution in [3.63, 3.8) is 0 Å². The molecule has 2 heterocycles. The average molecular weight is 368 g/mol. The number of rotatable bonds is 6. The van der Waals surface area contributed by atoms with Gasteiger partial charge in [0, 0.05) is 18.7 Å². The number of amides is 1. The van der Waals surface area contributed by atoms with Crippen molar-refractivity contribution in [3.8, 4) is 0 Å². The topological polar surface area (TPSA) is 110 Å². The zero-order valence-electron chi connectivity index (χ0n) is 12.6. The first kappa shape index (κ1) is 17.0. The van der Waals surface area contributed by atoms with Crippen LogP contribution in [0.3, 0.4) is 0 Å². The number of carbonyl (C=O) groups excluding carboxylic acids is 1. The molecule has 0 spiro atoms. The van der Waals surface area contributed by atoms with Crippen molar-refractivity contribution in [2.45, 2.75) is 23.3 Å². The summed E-state index contributed by atoms with van der Waals surface area (Å²) in [6.45, 7) is 0.856. The van der Waals surface area contributed by atoms with Gasteiger partial charge in [-0.1, -0.05) is 29.5 Å². The number of hydrogen-bond donors (Lipinski definition) is 2. The summed E-state index contributed by atoms with van der Waals surface area (Å²) in [6.07, 6.45) is 1.66. The van der Waals surface area contributed by atoms with Crippen LogP contribution in [0.5, 0.6) is 0 Å². The second-order valence-corrected chi connectivity index (χ2v) is 8.10. The molecule has 1 aromatic heterocycles. The van der Waals surface area contributed by atoms with E-state index in [9.17, 15) is 13.2 Å². The van der Waals surface area contributed by atoms with Gasteiger partial charge in [0.1, 0.15) is 0 Å². The van der Waals surface area contributed by atoms with Crippen molar-refractivity contribution in [2.75, 3.05) is 18.5 Å². The molecule has 1 fully saturated rings. The summed E-state index contributed by atoms with van der Waals surface area (Å²) in [6, 6.07) is 8.57. The molecule has 0 unspecified atom stereocenters. The summed E-state index contributed by atoms with van der Waals surface area (Å²) in [4.78, 5) is 12.0. The molecule has 10 heteroatoms. The van der Waals surface area contributed by atoms with Crippen LogP contribution in [-0.2, 0) is 14.8 Å². The van der Waals surface area contributed by atoms with Gasteiger partial charge in [-0.25, -0.2) is 13.1 Å². The third-order valence-corrected chi connectivity index (χ3v) is 6.05. The number of nitrogens with one attached hydrogen (secondary N) is 2. The molecule has 1 saturated heterocycles.